The van der Waals surface area contributed by atoms with Crippen molar-refractivity contribution in [3.05, 3.63) is 59.2 Å². The minimum Gasteiger partial charge on any atom is -0.409 e. The van der Waals surface area contributed by atoms with Crippen LogP contribution >= 0.6 is 0 Å². The first kappa shape index (κ1) is 19.2. The van der Waals surface area contributed by atoms with Crippen molar-refractivity contribution < 1.29 is 5.21 Å². The molecule has 1 fully saturated rings. The Morgan fingerprint density at radius 3 is 2.74 bits per heavy atom. The lowest BCUT2D eigenvalue weighted by atomic mass is 9.81. The molecule has 2 unspecified atom stereocenters. The van der Waals surface area contributed by atoms with Crippen LogP contribution in [0.4, 0.5) is 0 Å². The summed E-state index contributed by atoms with van der Waals surface area (Å²) in [6.45, 7) is 5.31. The molecule has 1 aromatic rings. The molecule has 0 bridgehead atoms. The van der Waals surface area contributed by atoms with Crippen molar-refractivity contribution in [2.45, 2.75) is 12.3 Å². The van der Waals surface area contributed by atoms with Gasteiger partial charge in [-0.25, -0.2) is 0 Å². The predicted molar refractivity (Wildman–Crippen MR) is 107 cm³/mol. The van der Waals surface area contributed by atoms with Crippen LogP contribution < -0.4 is 5.73 Å². The topological polar surface area (TPSA) is 88.9 Å². The molecule has 1 aliphatic heterocycles. The lowest BCUT2D eigenvalue weighted by Gasteiger charge is -2.25. The van der Waals surface area contributed by atoms with Crippen molar-refractivity contribution in [2.75, 3.05) is 39.8 Å². The number of nitriles is 1. The molecule has 3 N–H and O–H groups in total. The number of benzene rings is 1. The summed E-state index contributed by atoms with van der Waals surface area (Å²) in [5, 5.41) is 21.5. The first-order valence-electron chi connectivity index (χ1n) is 9.38. The monoisotopic (exact) mass is 365 g/mol. The van der Waals surface area contributed by atoms with Crippen LogP contribution in [0.15, 0.2) is 53.2 Å². The molecule has 0 aromatic heterocycles. The number of nitrogens with zero attached hydrogens (tertiary/aromatic N) is 4. The van der Waals surface area contributed by atoms with Gasteiger partial charge in [-0.1, -0.05) is 47.6 Å². The predicted octanol–water partition coefficient (Wildman–Crippen LogP) is 2.14. The van der Waals surface area contributed by atoms with Gasteiger partial charge in [-0.15, -0.1) is 0 Å². The van der Waals surface area contributed by atoms with Crippen LogP contribution in [-0.4, -0.2) is 60.6 Å². The SMILES string of the molecule is CN1CCCN(CC2=CC(C#N)C(c3ccc(C(N)=NO)cc3)C=C2)CC1. The molecule has 0 spiro atoms. The van der Waals surface area contributed by atoms with Crippen LogP contribution in [0.1, 0.15) is 23.5 Å². The van der Waals surface area contributed by atoms with Crippen molar-refractivity contribution in [3.8, 4) is 6.07 Å². The first-order valence-corrected chi connectivity index (χ1v) is 9.38. The van der Waals surface area contributed by atoms with Gasteiger partial charge in [0.25, 0.3) is 0 Å². The molecule has 1 heterocycles. The Hall–Kier alpha value is -2.62. The highest BCUT2D eigenvalue weighted by atomic mass is 16.4. The van der Waals surface area contributed by atoms with E-state index in [2.05, 4.69) is 46.3 Å². The van der Waals surface area contributed by atoms with Gasteiger partial charge >= 0.3 is 0 Å². The summed E-state index contributed by atoms with van der Waals surface area (Å²) in [6, 6.07) is 9.96. The van der Waals surface area contributed by atoms with Crippen molar-refractivity contribution in [3.63, 3.8) is 0 Å². The summed E-state index contributed by atoms with van der Waals surface area (Å²) in [5.41, 5.74) is 8.56. The zero-order chi connectivity index (χ0) is 19.2. The Kier molecular flexibility index (Phi) is 6.28. The van der Waals surface area contributed by atoms with Crippen molar-refractivity contribution in [1.82, 2.24) is 9.80 Å². The number of hydrogen-bond acceptors (Lipinski definition) is 5. The number of oxime groups is 1. The largest absolute Gasteiger partial charge is 0.409 e. The van der Waals surface area contributed by atoms with Gasteiger partial charge in [-0.2, -0.15) is 5.26 Å². The summed E-state index contributed by atoms with van der Waals surface area (Å²) in [7, 11) is 2.17. The fourth-order valence-electron chi connectivity index (χ4n) is 3.73. The molecule has 0 radical (unpaired) electrons. The zero-order valence-electron chi connectivity index (χ0n) is 15.8. The molecule has 1 saturated heterocycles. The normalized spacial score (nSPS) is 24.9. The maximum Gasteiger partial charge on any atom is 0.170 e. The fraction of sp³-hybridized carbons (Fsp3) is 0.429. The third kappa shape index (κ3) is 4.76. The lowest BCUT2D eigenvalue weighted by molar-refractivity contribution is 0.296. The Morgan fingerprint density at radius 1 is 1.26 bits per heavy atom. The Labute approximate surface area is 160 Å². The molecule has 27 heavy (non-hydrogen) atoms. The summed E-state index contributed by atoms with van der Waals surface area (Å²) >= 11 is 0. The van der Waals surface area contributed by atoms with E-state index < -0.39 is 0 Å². The lowest BCUT2D eigenvalue weighted by Crippen LogP contribution is -2.31. The third-order valence-corrected chi connectivity index (χ3v) is 5.36. The third-order valence-electron chi connectivity index (χ3n) is 5.36. The van der Waals surface area contributed by atoms with Crippen LogP contribution in [0, 0.1) is 17.2 Å². The van der Waals surface area contributed by atoms with Gasteiger partial charge in [0.2, 0.25) is 0 Å². The van der Waals surface area contributed by atoms with Crippen molar-refractivity contribution >= 4 is 5.84 Å². The number of rotatable bonds is 4. The number of allylic oxidation sites excluding steroid dienone is 2. The molecule has 0 amide bonds. The summed E-state index contributed by atoms with van der Waals surface area (Å²) in [4.78, 5) is 4.84. The molecule has 3 rings (SSSR count). The van der Waals surface area contributed by atoms with Crippen LogP contribution in [0.25, 0.3) is 0 Å². The second-order valence-corrected chi connectivity index (χ2v) is 7.32. The molecule has 2 atom stereocenters. The van der Waals surface area contributed by atoms with E-state index in [0.29, 0.717) is 5.56 Å². The number of nitrogens with two attached hydrogens (primary N) is 1. The number of amidine groups is 1. The molecular weight excluding hydrogens is 338 g/mol. The average molecular weight is 365 g/mol. The smallest absolute Gasteiger partial charge is 0.170 e. The second-order valence-electron chi connectivity index (χ2n) is 7.32. The van der Waals surface area contributed by atoms with E-state index in [-0.39, 0.29) is 17.7 Å². The highest BCUT2D eigenvalue weighted by molar-refractivity contribution is 5.96. The minimum absolute atomic E-state index is 0.0235. The fourth-order valence-corrected chi connectivity index (χ4v) is 3.73. The number of hydrogen-bond donors (Lipinski definition) is 2. The van der Waals surface area contributed by atoms with Gasteiger partial charge < -0.3 is 15.8 Å². The van der Waals surface area contributed by atoms with Crippen LogP contribution in [0.2, 0.25) is 0 Å². The average Bonchev–Trinajstić information content (AvgIpc) is 2.91. The van der Waals surface area contributed by atoms with Gasteiger partial charge in [-0.3, -0.25) is 4.90 Å². The Morgan fingerprint density at radius 2 is 2.04 bits per heavy atom. The molecule has 0 saturated carbocycles. The van der Waals surface area contributed by atoms with E-state index in [0.717, 1.165) is 38.3 Å². The van der Waals surface area contributed by atoms with Crippen LogP contribution in [-0.2, 0) is 0 Å². The molecule has 1 aromatic carbocycles. The summed E-state index contributed by atoms with van der Waals surface area (Å²) in [6.07, 6.45) is 7.58. The first-order chi connectivity index (χ1) is 13.1. The molecular formula is C21H27N5O. The van der Waals surface area contributed by atoms with Gasteiger partial charge in [0.15, 0.2) is 5.84 Å². The van der Waals surface area contributed by atoms with Crippen molar-refractivity contribution in [1.29, 1.82) is 5.26 Å². The van der Waals surface area contributed by atoms with E-state index in [1.165, 1.54) is 12.0 Å². The van der Waals surface area contributed by atoms with Gasteiger partial charge in [0.05, 0.1) is 12.0 Å². The maximum atomic E-state index is 9.69. The van der Waals surface area contributed by atoms with E-state index >= 15 is 0 Å². The maximum absolute atomic E-state index is 9.69. The molecule has 142 valence electrons. The van der Waals surface area contributed by atoms with Gasteiger partial charge in [0, 0.05) is 31.1 Å². The quantitative estimate of drug-likeness (QED) is 0.369. The van der Waals surface area contributed by atoms with Crippen LogP contribution in [0.5, 0.6) is 0 Å². The molecule has 2 aliphatic rings. The molecule has 6 heteroatoms. The minimum atomic E-state index is -0.186. The number of likely N-dealkylation sites (N-methyl/N-ethyl adjacent to an activating group) is 1. The van der Waals surface area contributed by atoms with Crippen molar-refractivity contribution in [2.24, 2.45) is 16.8 Å². The molecule has 1 aliphatic carbocycles. The standard InChI is InChI=1S/C21H27N5O/c1-25-9-2-10-26(12-11-25)15-16-3-8-20(19(13-16)14-22)17-4-6-18(7-5-17)21(23)24-27/h3-8,13,19-20,27H,2,9-12,15H2,1H3,(H2,23,24). The van der Waals surface area contributed by atoms with Gasteiger partial charge in [0.1, 0.15) is 0 Å². The van der Waals surface area contributed by atoms with Gasteiger partial charge in [-0.05, 0) is 37.7 Å². The summed E-state index contributed by atoms with van der Waals surface area (Å²) in [5.74, 6) is -0.0763. The zero-order valence-corrected chi connectivity index (χ0v) is 15.8. The van der Waals surface area contributed by atoms with E-state index in [4.69, 9.17) is 10.9 Å². The van der Waals surface area contributed by atoms with E-state index in [1.54, 1.807) is 0 Å². The Bertz CT molecular complexity index is 775. The van der Waals surface area contributed by atoms with Crippen LogP contribution in [0.3, 0.4) is 0 Å². The molecule has 6 nitrogen and oxygen atoms in total. The second kappa shape index (κ2) is 8.85. The highest BCUT2D eigenvalue weighted by Crippen LogP contribution is 2.32. The van der Waals surface area contributed by atoms with E-state index in [9.17, 15) is 5.26 Å². The van der Waals surface area contributed by atoms with E-state index in [1.807, 2.05) is 24.3 Å². The highest BCUT2D eigenvalue weighted by Gasteiger charge is 2.23. The Balaban J connectivity index is 1.69. The summed E-state index contributed by atoms with van der Waals surface area (Å²) < 4.78 is 0.